The Bertz CT molecular complexity index is 329. The maximum absolute atomic E-state index is 5.55. The van der Waals surface area contributed by atoms with Gasteiger partial charge in [-0.1, -0.05) is 0 Å². The van der Waals surface area contributed by atoms with Crippen molar-refractivity contribution < 1.29 is 9.15 Å². The maximum atomic E-state index is 5.55. The molecule has 82 valence electrons. The van der Waals surface area contributed by atoms with Gasteiger partial charge in [-0.2, -0.15) is 4.98 Å². The first-order valence-corrected chi connectivity index (χ1v) is 5.74. The number of aromatic nitrogens is 1. The fourth-order valence-corrected chi connectivity index (χ4v) is 1.59. The van der Waals surface area contributed by atoms with E-state index in [-0.39, 0.29) is 0 Å². The molecular formula is C11H16N2O2. The third-order valence-electron chi connectivity index (χ3n) is 3.00. The van der Waals surface area contributed by atoms with E-state index in [2.05, 4.69) is 10.3 Å². The fraction of sp³-hybridized carbons (Fsp3) is 0.727. The molecule has 3 rings (SSSR count). The minimum atomic E-state index is 0.341. The van der Waals surface area contributed by atoms with E-state index >= 15 is 0 Å². The third kappa shape index (κ3) is 2.31. The number of nitrogens with one attached hydrogen (secondary N) is 1. The Morgan fingerprint density at radius 1 is 1.40 bits per heavy atom. The average Bonchev–Trinajstić information content (AvgIpc) is 2.89. The van der Waals surface area contributed by atoms with Crippen molar-refractivity contribution in [2.45, 2.75) is 50.8 Å². The van der Waals surface area contributed by atoms with Crippen LogP contribution >= 0.6 is 0 Å². The molecule has 1 heterocycles. The summed E-state index contributed by atoms with van der Waals surface area (Å²) in [5, 5.41) is 3.39. The van der Waals surface area contributed by atoms with Gasteiger partial charge in [-0.3, -0.25) is 0 Å². The molecule has 2 aliphatic carbocycles. The van der Waals surface area contributed by atoms with Gasteiger partial charge in [-0.25, -0.2) is 0 Å². The summed E-state index contributed by atoms with van der Waals surface area (Å²) < 4.78 is 10.8. The molecule has 0 bridgehead atoms. The normalized spacial score (nSPS) is 21.3. The monoisotopic (exact) mass is 208 g/mol. The van der Waals surface area contributed by atoms with Crippen molar-refractivity contribution in [2.75, 3.05) is 0 Å². The van der Waals surface area contributed by atoms with E-state index in [1.54, 1.807) is 6.26 Å². The molecular weight excluding hydrogens is 192 g/mol. The Kier molecular flexibility index (Phi) is 2.37. The molecule has 4 nitrogen and oxygen atoms in total. The molecule has 2 aliphatic rings. The summed E-state index contributed by atoms with van der Waals surface area (Å²) in [6.07, 6.45) is 8.59. The lowest BCUT2D eigenvalue weighted by Gasteiger charge is -2.23. The third-order valence-corrected chi connectivity index (χ3v) is 3.00. The zero-order valence-corrected chi connectivity index (χ0v) is 8.74. The molecule has 4 heteroatoms. The SMILES string of the molecule is c1oc(OC2CCC2)nc1CNC1CC1. The molecule has 0 saturated heterocycles. The van der Waals surface area contributed by atoms with E-state index in [0.717, 1.165) is 25.1 Å². The van der Waals surface area contributed by atoms with Crippen molar-refractivity contribution in [2.24, 2.45) is 0 Å². The number of nitrogens with zero attached hydrogens (tertiary/aromatic N) is 1. The maximum Gasteiger partial charge on any atom is 0.394 e. The van der Waals surface area contributed by atoms with Gasteiger partial charge < -0.3 is 14.5 Å². The summed E-state index contributed by atoms with van der Waals surface area (Å²) in [5.41, 5.74) is 0.941. The molecule has 2 saturated carbocycles. The molecule has 0 amide bonds. The Balaban J connectivity index is 1.50. The highest BCUT2D eigenvalue weighted by molar-refractivity contribution is 5.01. The van der Waals surface area contributed by atoms with E-state index < -0.39 is 0 Å². The lowest BCUT2D eigenvalue weighted by Crippen LogP contribution is -2.24. The number of rotatable bonds is 5. The van der Waals surface area contributed by atoms with Gasteiger partial charge in [0.15, 0.2) is 0 Å². The molecule has 15 heavy (non-hydrogen) atoms. The smallest absolute Gasteiger partial charge is 0.394 e. The summed E-state index contributed by atoms with van der Waals surface area (Å²) >= 11 is 0. The molecule has 1 N–H and O–H groups in total. The molecule has 0 atom stereocenters. The van der Waals surface area contributed by atoms with Gasteiger partial charge in [0.1, 0.15) is 12.4 Å². The van der Waals surface area contributed by atoms with Crippen LogP contribution in [0.5, 0.6) is 6.08 Å². The van der Waals surface area contributed by atoms with Crippen molar-refractivity contribution in [1.29, 1.82) is 0 Å². The van der Waals surface area contributed by atoms with Crippen LogP contribution in [-0.4, -0.2) is 17.1 Å². The Morgan fingerprint density at radius 2 is 2.27 bits per heavy atom. The Labute approximate surface area is 89.0 Å². The molecule has 0 aromatic carbocycles. The van der Waals surface area contributed by atoms with Gasteiger partial charge >= 0.3 is 6.08 Å². The minimum Gasteiger partial charge on any atom is -0.447 e. The van der Waals surface area contributed by atoms with Gasteiger partial charge in [0, 0.05) is 12.6 Å². The summed E-state index contributed by atoms with van der Waals surface area (Å²) in [7, 11) is 0. The van der Waals surface area contributed by atoms with Gasteiger partial charge in [-0.05, 0) is 32.1 Å². The van der Waals surface area contributed by atoms with Crippen LogP contribution in [-0.2, 0) is 6.54 Å². The second-order valence-corrected chi connectivity index (χ2v) is 4.43. The Hall–Kier alpha value is -1.03. The van der Waals surface area contributed by atoms with Gasteiger partial charge in [0.25, 0.3) is 0 Å². The summed E-state index contributed by atoms with van der Waals surface area (Å²) in [6.45, 7) is 0.794. The van der Waals surface area contributed by atoms with E-state index in [1.807, 2.05) is 0 Å². The first kappa shape index (κ1) is 9.21. The minimum absolute atomic E-state index is 0.341. The van der Waals surface area contributed by atoms with Crippen molar-refractivity contribution in [3.63, 3.8) is 0 Å². The molecule has 0 spiro atoms. The van der Waals surface area contributed by atoms with Crippen LogP contribution in [0.15, 0.2) is 10.7 Å². The van der Waals surface area contributed by atoms with Crippen LogP contribution in [0.4, 0.5) is 0 Å². The van der Waals surface area contributed by atoms with Crippen LogP contribution in [0.2, 0.25) is 0 Å². The van der Waals surface area contributed by atoms with E-state index in [1.165, 1.54) is 19.3 Å². The van der Waals surface area contributed by atoms with E-state index in [9.17, 15) is 0 Å². The summed E-state index contributed by atoms with van der Waals surface area (Å²) in [5.74, 6) is 0. The topological polar surface area (TPSA) is 47.3 Å². The first-order valence-electron chi connectivity index (χ1n) is 5.74. The van der Waals surface area contributed by atoms with Gasteiger partial charge in [-0.15, -0.1) is 0 Å². The van der Waals surface area contributed by atoms with Crippen molar-refractivity contribution >= 4 is 0 Å². The van der Waals surface area contributed by atoms with Crippen molar-refractivity contribution in [3.05, 3.63) is 12.0 Å². The van der Waals surface area contributed by atoms with Crippen LogP contribution in [0.3, 0.4) is 0 Å². The van der Waals surface area contributed by atoms with Crippen LogP contribution in [0.1, 0.15) is 37.8 Å². The average molecular weight is 208 g/mol. The first-order chi connectivity index (χ1) is 7.40. The summed E-state index contributed by atoms with van der Waals surface area (Å²) in [6, 6.07) is 0.706. The van der Waals surface area contributed by atoms with E-state index in [4.69, 9.17) is 9.15 Å². The van der Waals surface area contributed by atoms with Crippen molar-refractivity contribution in [3.8, 4) is 6.08 Å². The highest BCUT2D eigenvalue weighted by Gasteiger charge is 2.22. The highest BCUT2D eigenvalue weighted by Crippen LogP contribution is 2.25. The summed E-state index contributed by atoms with van der Waals surface area (Å²) in [4.78, 5) is 4.28. The lowest BCUT2D eigenvalue weighted by atomic mass is 9.96. The number of hydrogen-bond donors (Lipinski definition) is 1. The quantitative estimate of drug-likeness (QED) is 0.802. The molecule has 1 aromatic heterocycles. The predicted molar refractivity (Wildman–Crippen MR) is 54.6 cm³/mol. The largest absolute Gasteiger partial charge is 0.447 e. The highest BCUT2D eigenvalue weighted by atomic mass is 16.6. The molecule has 1 aromatic rings. The number of hydrogen-bond acceptors (Lipinski definition) is 4. The Morgan fingerprint density at radius 3 is 2.93 bits per heavy atom. The second-order valence-electron chi connectivity index (χ2n) is 4.43. The van der Waals surface area contributed by atoms with Gasteiger partial charge in [0.2, 0.25) is 0 Å². The zero-order valence-electron chi connectivity index (χ0n) is 8.74. The molecule has 0 unspecified atom stereocenters. The van der Waals surface area contributed by atoms with Crippen LogP contribution in [0, 0.1) is 0 Å². The molecule has 2 fully saturated rings. The fourth-order valence-electron chi connectivity index (χ4n) is 1.59. The number of oxazole rings is 1. The zero-order chi connectivity index (χ0) is 10.1. The molecule has 0 aliphatic heterocycles. The predicted octanol–water partition coefficient (Wildman–Crippen LogP) is 1.86. The second kappa shape index (κ2) is 3.85. The number of ether oxygens (including phenoxy) is 1. The van der Waals surface area contributed by atoms with Crippen LogP contribution in [0.25, 0.3) is 0 Å². The lowest BCUT2D eigenvalue weighted by molar-refractivity contribution is 0.0834. The van der Waals surface area contributed by atoms with E-state index in [0.29, 0.717) is 18.2 Å². The standard InChI is InChI=1S/C11H16N2O2/c1-2-10(3-1)15-11-13-9(7-14-11)6-12-8-4-5-8/h7-8,10,12H,1-6H2. The van der Waals surface area contributed by atoms with Crippen molar-refractivity contribution in [1.82, 2.24) is 10.3 Å². The van der Waals surface area contributed by atoms with Gasteiger partial charge in [0.05, 0.1) is 5.69 Å². The van der Waals surface area contributed by atoms with Crippen LogP contribution < -0.4 is 10.1 Å². The molecule has 0 radical (unpaired) electrons.